The summed E-state index contributed by atoms with van der Waals surface area (Å²) in [5, 5.41) is 0. The number of rotatable bonds is 2. The molecule has 1 aromatic heterocycles. The van der Waals surface area contributed by atoms with Crippen LogP contribution in [0.4, 0.5) is 4.39 Å². The summed E-state index contributed by atoms with van der Waals surface area (Å²) in [7, 11) is 0. The summed E-state index contributed by atoms with van der Waals surface area (Å²) in [5.74, 6) is 0.514. The van der Waals surface area contributed by atoms with Crippen LogP contribution in [0.2, 0.25) is 0 Å². The predicted octanol–water partition coefficient (Wildman–Crippen LogP) is 4.39. The van der Waals surface area contributed by atoms with Crippen LogP contribution >= 0.6 is 34.8 Å². The van der Waals surface area contributed by atoms with Gasteiger partial charge in [0.2, 0.25) is 5.89 Å². The number of benzene rings is 1. The van der Waals surface area contributed by atoms with Gasteiger partial charge in [-0.05, 0) is 24.3 Å². The van der Waals surface area contributed by atoms with Gasteiger partial charge in [0, 0.05) is 5.56 Å². The van der Waals surface area contributed by atoms with Crippen LogP contribution in [-0.4, -0.2) is 8.78 Å². The van der Waals surface area contributed by atoms with Crippen LogP contribution in [0.25, 0.3) is 11.5 Å². The molecule has 2 aromatic rings. The first-order chi connectivity index (χ1) is 7.94. The van der Waals surface area contributed by atoms with Gasteiger partial charge >= 0.3 is 0 Å². The molecule has 0 spiro atoms. The van der Waals surface area contributed by atoms with Gasteiger partial charge in [0.1, 0.15) is 11.6 Å². The van der Waals surface area contributed by atoms with Crippen molar-refractivity contribution >= 4 is 34.8 Å². The first-order valence-corrected chi connectivity index (χ1v) is 5.85. The van der Waals surface area contributed by atoms with Crippen molar-refractivity contribution in [1.29, 1.82) is 0 Å². The fourth-order valence-corrected chi connectivity index (χ4v) is 1.71. The summed E-state index contributed by atoms with van der Waals surface area (Å²) in [6.07, 6.45) is 1.62. The van der Waals surface area contributed by atoms with Crippen LogP contribution in [0.5, 0.6) is 0 Å². The van der Waals surface area contributed by atoms with E-state index in [1.807, 2.05) is 0 Å². The SMILES string of the molecule is Fc1ccc(-c2ncc(CC(Cl)(Cl)Cl)o2)cc1. The van der Waals surface area contributed by atoms with E-state index < -0.39 is 3.79 Å². The molecule has 0 aliphatic heterocycles. The molecule has 90 valence electrons. The van der Waals surface area contributed by atoms with Crippen LogP contribution in [0.1, 0.15) is 5.76 Å². The molecule has 1 aromatic carbocycles. The molecule has 0 N–H and O–H groups in total. The Bertz CT molecular complexity index is 504. The van der Waals surface area contributed by atoms with Crippen molar-refractivity contribution in [1.82, 2.24) is 4.98 Å². The molecule has 0 radical (unpaired) electrons. The average Bonchev–Trinajstić information content (AvgIpc) is 2.64. The number of halogens is 4. The second-order valence-electron chi connectivity index (χ2n) is 3.43. The molecule has 0 atom stereocenters. The minimum atomic E-state index is -1.42. The molecule has 0 aliphatic rings. The molecular formula is C11H7Cl3FNO. The zero-order valence-corrected chi connectivity index (χ0v) is 10.7. The van der Waals surface area contributed by atoms with E-state index in [2.05, 4.69) is 4.98 Å². The lowest BCUT2D eigenvalue weighted by Crippen LogP contribution is -2.05. The Morgan fingerprint density at radius 2 is 1.82 bits per heavy atom. The zero-order chi connectivity index (χ0) is 12.5. The molecule has 0 saturated heterocycles. The van der Waals surface area contributed by atoms with E-state index >= 15 is 0 Å². The molecule has 0 saturated carbocycles. The topological polar surface area (TPSA) is 26.0 Å². The summed E-state index contributed by atoms with van der Waals surface area (Å²) in [6.45, 7) is 0. The lowest BCUT2D eigenvalue weighted by Gasteiger charge is -2.06. The first-order valence-electron chi connectivity index (χ1n) is 4.71. The van der Waals surface area contributed by atoms with Gasteiger partial charge in [-0.15, -0.1) is 0 Å². The molecule has 2 nitrogen and oxygen atoms in total. The molecule has 1 heterocycles. The van der Waals surface area contributed by atoms with Crippen LogP contribution in [0, 0.1) is 5.82 Å². The predicted molar refractivity (Wildman–Crippen MR) is 65.9 cm³/mol. The highest BCUT2D eigenvalue weighted by atomic mass is 35.6. The van der Waals surface area contributed by atoms with Crippen LogP contribution < -0.4 is 0 Å². The van der Waals surface area contributed by atoms with Crippen molar-refractivity contribution in [3.8, 4) is 11.5 Å². The van der Waals surface area contributed by atoms with E-state index in [0.717, 1.165) is 0 Å². The Hall–Kier alpha value is -0.770. The Morgan fingerprint density at radius 1 is 1.18 bits per heavy atom. The van der Waals surface area contributed by atoms with Crippen LogP contribution in [-0.2, 0) is 6.42 Å². The number of hydrogen-bond acceptors (Lipinski definition) is 2. The quantitative estimate of drug-likeness (QED) is 0.768. The molecule has 2 rings (SSSR count). The molecule has 0 bridgehead atoms. The van der Waals surface area contributed by atoms with Gasteiger partial charge in [-0.25, -0.2) is 9.37 Å². The number of aromatic nitrogens is 1. The highest BCUT2D eigenvalue weighted by Gasteiger charge is 2.23. The standard InChI is InChI=1S/C11H7Cl3FNO/c12-11(13,14)5-9-6-16-10(17-9)7-1-3-8(15)4-2-7/h1-4,6H,5H2. The summed E-state index contributed by atoms with van der Waals surface area (Å²) in [5.41, 5.74) is 0.668. The summed E-state index contributed by atoms with van der Waals surface area (Å²) in [6, 6.07) is 5.79. The summed E-state index contributed by atoms with van der Waals surface area (Å²) in [4.78, 5) is 4.04. The van der Waals surface area contributed by atoms with Gasteiger partial charge in [0.05, 0.1) is 12.6 Å². The molecule has 0 fully saturated rings. The normalized spacial score (nSPS) is 11.8. The molecule has 6 heteroatoms. The average molecular weight is 295 g/mol. The molecule has 0 aliphatic carbocycles. The van der Waals surface area contributed by atoms with Crippen molar-refractivity contribution < 1.29 is 8.81 Å². The largest absolute Gasteiger partial charge is 0.441 e. The minimum absolute atomic E-state index is 0.131. The monoisotopic (exact) mass is 293 g/mol. The van der Waals surface area contributed by atoms with Gasteiger partial charge in [0.15, 0.2) is 3.79 Å². The Balaban J connectivity index is 2.21. The lowest BCUT2D eigenvalue weighted by molar-refractivity contribution is 0.519. The number of oxazole rings is 1. The maximum Gasteiger partial charge on any atom is 0.226 e. The van der Waals surface area contributed by atoms with E-state index in [1.165, 1.54) is 18.3 Å². The van der Waals surface area contributed by atoms with Crippen LogP contribution in [0.3, 0.4) is 0 Å². The second-order valence-corrected chi connectivity index (χ2v) is 5.95. The Labute approximate surface area is 112 Å². The van der Waals surface area contributed by atoms with Gasteiger partial charge in [-0.3, -0.25) is 0 Å². The third-order valence-corrected chi connectivity index (χ3v) is 2.42. The number of alkyl halides is 3. The zero-order valence-electron chi connectivity index (χ0n) is 8.46. The molecule has 17 heavy (non-hydrogen) atoms. The molecule has 0 amide bonds. The van der Waals surface area contributed by atoms with E-state index in [4.69, 9.17) is 39.2 Å². The van der Waals surface area contributed by atoms with Crippen molar-refractivity contribution in [2.75, 3.05) is 0 Å². The Morgan fingerprint density at radius 3 is 2.41 bits per heavy atom. The van der Waals surface area contributed by atoms with E-state index in [1.54, 1.807) is 12.1 Å². The summed E-state index contributed by atoms with van der Waals surface area (Å²) >= 11 is 16.9. The highest BCUT2D eigenvalue weighted by Crippen LogP contribution is 2.31. The van der Waals surface area contributed by atoms with E-state index in [9.17, 15) is 4.39 Å². The third-order valence-electron chi connectivity index (χ3n) is 2.02. The molecular weight excluding hydrogens is 287 g/mol. The number of nitrogens with zero attached hydrogens (tertiary/aromatic N) is 1. The van der Waals surface area contributed by atoms with Crippen LogP contribution in [0.15, 0.2) is 34.9 Å². The van der Waals surface area contributed by atoms with Crippen molar-refractivity contribution in [2.24, 2.45) is 0 Å². The van der Waals surface area contributed by atoms with Gasteiger partial charge in [-0.1, -0.05) is 34.8 Å². The van der Waals surface area contributed by atoms with Crippen molar-refractivity contribution in [2.45, 2.75) is 10.2 Å². The van der Waals surface area contributed by atoms with Crippen molar-refractivity contribution in [3.63, 3.8) is 0 Å². The van der Waals surface area contributed by atoms with Gasteiger partial charge < -0.3 is 4.42 Å². The smallest absolute Gasteiger partial charge is 0.226 e. The Kier molecular flexibility index (Phi) is 3.61. The molecule has 0 unspecified atom stereocenters. The fraction of sp³-hybridized carbons (Fsp3) is 0.182. The first kappa shape index (κ1) is 12.7. The lowest BCUT2D eigenvalue weighted by atomic mass is 10.2. The van der Waals surface area contributed by atoms with Crippen molar-refractivity contribution in [3.05, 3.63) is 42.0 Å². The van der Waals surface area contributed by atoms with E-state index in [0.29, 0.717) is 17.2 Å². The maximum atomic E-state index is 12.7. The highest BCUT2D eigenvalue weighted by molar-refractivity contribution is 6.67. The second kappa shape index (κ2) is 4.84. The third kappa shape index (κ3) is 3.60. The maximum absolute atomic E-state index is 12.7. The van der Waals surface area contributed by atoms with E-state index in [-0.39, 0.29) is 12.2 Å². The minimum Gasteiger partial charge on any atom is -0.441 e. The fourth-order valence-electron chi connectivity index (χ4n) is 1.31. The van der Waals surface area contributed by atoms with Gasteiger partial charge in [0.25, 0.3) is 0 Å². The number of hydrogen-bond donors (Lipinski definition) is 0. The summed E-state index contributed by atoms with van der Waals surface area (Å²) < 4.78 is 16.7. The van der Waals surface area contributed by atoms with Gasteiger partial charge in [-0.2, -0.15) is 0 Å².